The molecule has 4 heteroatoms. The highest BCUT2D eigenvalue weighted by molar-refractivity contribution is 7.24. The summed E-state index contributed by atoms with van der Waals surface area (Å²) in [5.74, 6) is 0. The van der Waals surface area contributed by atoms with E-state index in [1.54, 1.807) is 11.3 Å². The fourth-order valence-corrected chi connectivity index (χ4v) is 12.6. The fourth-order valence-electron chi connectivity index (χ4n) is 11.5. The van der Waals surface area contributed by atoms with Gasteiger partial charge in [-0.25, -0.2) is 0 Å². The normalized spacial score (nSPS) is 14.2. The highest BCUT2D eigenvalue weighted by Gasteiger charge is 2.48. The summed E-state index contributed by atoms with van der Waals surface area (Å²) in [7, 11) is 0. The first-order valence-corrected chi connectivity index (χ1v) is 23.7. The molecule has 0 aliphatic carbocycles. The maximum atomic E-state index is 14.6. The number of benzene rings is 10. The predicted octanol–water partition coefficient (Wildman–Crippen LogP) is 15.7. The summed E-state index contributed by atoms with van der Waals surface area (Å²) < 4.78 is 1.88. The highest BCUT2D eigenvalue weighted by atomic mass is 32.1. The largest absolute Gasteiger partial charge is 0.310 e. The number of nitrogens with zero attached hydrogens (tertiary/aromatic N) is 2. The Morgan fingerprint density at radius 2 is 0.567 bits per heavy atom. The molecule has 0 N–H and O–H groups in total. The lowest BCUT2D eigenvalue weighted by Crippen LogP contribution is -2.37. The monoisotopic (exact) mass is 874 g/mol. The first kappa shape index (κ1) is 39.1. The van der Waals surface area contributed by atoms with Gasteiger partial charge in [0, 0.05) is 31.5 Å². The van der Waals surface area contributed by atoms with Crippen molar-refractivity contribution < 1.29 is 0 Å². The van der Waals surface area contributed by atoms with Crippen molar-refractivity contribution in [2.75, 3.05) is 9.80 Å². The summed E-state index contributed by atoms with van der Waals surface area (Å²) in [6, 6.07) is 91.6. The molecule has 0 saturated carbocycles. The second-order valence-corrected chi connectivity index (χ2v) is 18.6. The van der Waals surface area contributed by atoms with Gasteiger partial charge in [0.05, 0.1) is 33.6 Å². The molecule has 0 amide bonds. The van der Waals surface area contributed by atoms with E-state index >= 15 is 0 Å². The van der Waals surface area contributed by atoms with Crippen molar-refractivity contribution in [3.8, 4) is 0 Å². The Hall–Kier alpha value is -8.31. The zero-order valence-corrected chi connectivity index (χ0v) is 37.3. The van der Waals surface area contributed by atoms with Crippen LogP contribution in [0.1, 0.15) is 44.5 Å². The summed E-state index contributed by atoms with van der Waals surface area (Å²) >= 11 is 1.68. The van der Waals surface area contributed by atoms with Crippen molar-refractivity contribution in [3.63, 3.8) is 0 Å². The van der Waals surface area contributed by atoms with Crippen molar-refractivity contribution in [3.05, 3.63) is 310 Å². The molecule has 10 aromatic carbocycles. The highest BCUT2D eigenvalue weighted by Crippen LogP contribution is 2.59. The van der Waals surface area contributed by atoms with Crippen molar-refractivity contribution in [1.82, 2.24) is 0 Å². The van der Waals surface area contributed by atoms with Gasteiger partial charge in [-0.1, -0.05) is 194 Å². The van der Waals surface area contributed by atoms with Gasteiger partial charge in [-0.3, -0.25) is 4.79 Å². The van der Waals surface area contributed by atoms with E-state index in [9.17, 15) is 4.79 Å². The molecule has 2 aliphatic rings. The van der Waals surface area contributed by atoms with Crippen LogP contribution in [0.15, 0.2) is 260 Å². The summed E-state index contributed by atoms with van der Waals surface area (Å²) in [4.78, 5) is 19.4. The van der Waals surface area contributed by atoms with Gasteiger partial charge in [-0.05, 0) is 105 Å². The first-order valence-electron chi connectivity index (χ1n) is 22.9. The van der Waals surface area contributed by atoms with Crippen LogP contribution in [0, 0.1) is 0 Å². The van der Waals surface area contributed by atoms with Crippen LogP contribution in [-0.2, 0) is 10.8 Å². The minimum atomic E-state index is -0.561. The molecule has 67 heavy (non-hydrogen) atoms. The summed E-state index contributed by atoms with van der Waals surface area (Å²) in [6.07, 6.45) is 0. The third kappa shape index (κ3) is 5.67. The summed E-state index contributed by atoms with van der Waals surface area (Å²) in [5, 5.41) is 1.44. The average molecular weight is 875 g/mol. The second-order valence-electron chi connectivity index (χ2n) is 17.5. The maximum absolute atomic E-state index is 14.6. The quantitative estimate of drug-likeness (QED) is 0.156. The molecule has 2 aliphatic heterocycles. The van der Waals surface area contributed by atoms with Crippen molar-refractivity contribution in [2.45, 2.75) is 10.8 Å². The Bertz CT molecular complexity index is 3320. The van der Waals surface area contributed by atoms with Crippen molar-refractivity contribution >= 4 is 65.6 Å². The van der Waals surface area contributed by atoms with Crippen LogP contribution in [0.25, 0.3) is 20.2 Å². The molecular weight excluding hydrogens is 833 g/mol. The van der Waals surface area contributed by atoms with E-state index in [1.807, 2.05) is 12.1 Å². The second kappa shape index (κ2) is 15.4. The first-order chi connectivity index (χ1) is 33.2. The Labute approximate surface area is 393 Å². The van der Waals surface area contributed by atoms with Crippen LogP contribution in [0.3, 0.4) is 0 Å². The molecule has 0 spiro atoms. The molecule has 0 fully saturated rings. The van der Waals surface area contributed by atoms with E-state index in [0.717, 1.165) is 54.3 Å². The SMILES string of the molecule is O=c1c2ccc(N3c4ccccc4C(c4ccccc4)(c4ccccc4)c4ccccc43)cc2sc2cc(N3c4ccccc4C(c4ccccc4)(c4ccccc4)c4ccccc43)ccc12. The van der Waals surface area contributed by atoms with E-state index in [-0.39, 0.29) is 5.43 Å². The number of hydrogen-bond donors (Lipinski definition) is 0. The van der Waals surface area contributed by atoms with Crippen LogP contribution >= 0.6 is 11.3 Å². The third-order valence-electron chi connectivity index (χ3n) is 14.2. The van der Waals surface area contributed by atoms with Gasteiger partial charge in [0.2, 0.25) is 0 Å². The lowest BCUT2D eigenvalue weighted by atomic mass is 9.62. The van der Waals surface area contributed by atoms with Crippen molar-refractivity contribution in [2.24, 2.45) is 0 Å². The predicted molar refractivity (Wildman–Crippen MR) is 279 cm³/mol. The Kier molecular flexibility index (Phi) is 8.99. The summed E-state index contributed by atoms with van der Waals surface area (Å²) in [5.41, 5.74) is 15.0. The lowest BCUT2D eigenvalue weighted by molar-refractivity contribution is 0.731. The number of para-hydroxylation sites is 4. The van der Waals surface area contributed by atoms with Gasteiger partial charge in [-0.15, -0.1) is 11.3 Å². The van der Waals surface area contributed by atoms with Gasteiger partial charge in [-0.2, -0.15) is 0 Å². The Morgan fingerprint density at radius 1 is 0.299 bits per heavy atom. The van der Waals surface area contributed by atoms with Crippen LogP contribution in [0.4, 0.5) is 34.1 Å². The Morgan fingerprint density at radius 3 is 0.866 bits per heavy atom. The molecule has 13 rings (SSSR count). The molecule has 1 aromatic heterocycles. The topological polar surface area (TPSA) is 23.6 Å². The molecule has 0 unspecified atom stereocenters. The van der Waals surface area contributed by atoms with Crippen molar-refractivity contribution in [1.29, 1.82) is 0 Å². The van der Waals surface area contributed by atoms with Gasteiger partial charge < -0.3 is 9.80 Å². The number of fused-ring (bicyclic) bond motifs is 6. The number of anilines is 6. The molecule has 0 radical (unpaired) electrons. The van der Waals surface area contributed by atoms with E-state index in [4.69, 9.17) is 0 Å². The van der Waals surface area contributed by atoms with E-state index in [1.165, 1.54) is 44.5 Å². The molecule has 11 aromatic rings. The zero-order valence-electron chi connectivity index (χ0n) is 36.5. The van der Waals surface area contributed by atoms with Crippen LogP contribution < -0.4 is 15.2 Å². The number of rotatable bonds is 6. The van der Waals surface area contributed by atoms with Gasteiger partial charge in [0.15, 0.2) is 5.43 Å². The van der Waals surface area contributed by atoms with Gasteiger partial charge in [0.25, 0.3) is 0 Å². The molecule has 316 valence electrons. The minimum Gasteiger partial charge on any atom is -0.310 e. The Balaban J connectivity index is 0.992. The molecule has 0 atom stereocenters. The summed E-state index contributed by atoms with van der Waals surface area (Å²) in [6.45, 7) is 0. The van der Waals surface area contributed by atoms with E-state index < -0.39 is 10.8 Å². The minimum absolute atomic E-state index is 0.0417. The standard InChI is InChI=1S/C63H42N2OS/c66-61-49-39-37-47(64-55-33-17-13-29-51(55)62(43-21-5-1-6-22-43,44-23-7-2-8-24-44)52-30-14-18-34-56(52)64)41-59(49)67-60-42-48(38-40-50(60)61)65-57-35-19-15-31-53(57)63(45-25-9-3-10-26-45,46-27-11-4-12-28-46)54-32-16-20-36-58(54)65/h1-42H. The van der Waals surface area contributed by atoms with Gasteiger partial charge >= 0.3 is 0 Å². The van der Waals surface area contributed by atoms with Crippen LogP contribution in [-0.4, -0.2) is 0 Å². The molecule has 3 nitrogen and oxygen atoms in total. The van der Waals surface area contributed by atoms with Gasteiger partial charge in [0.1, 0.15) is 0 Å². The van der Waals surface area contributed by atoms with Crippen LogP contribution in [0.2, 0.25) is 0 Å². The molecular formula is C63H42N2OS. The molecule has 0 saturated heterocycles. The van der Waals surface area contributed by atoms with Crippen LogP contribution in [0.5, 0.6) is 0 Å². The number of hydrogen-bond acceptors (Lipinski definition) is 4. The molecule has 0 bridgehead atoms. The smallest absolute Gasteiger partial charge is 0.195 e. The average Bonchev–Trinajstić information content (AvgIpc) is 3.40. The maximum Gasteiger partial charge on any atom is 0.195 e. The van der Waals surface area contributed by atoms with E-state index in [0.29, 0.717) is 0 Å². The zero-order chi connectivity index (χ0) is 44.5. The van der Waals surface area contributed by atoms with E-state index in [2.05, 4.69) is 252 Å². The lowest BCUT2D eigenvalue weighted by Gasteiger charge is -2.46. The fraction of sp³-hybridized carbons (Fsp3) is 0.0317. The third-order valence-corrected chi connectivity index (χ3v) is 15.3. The molecule has 3 heterocycles.